The molecule has 2 aromatic carbocycles. The average Bonchev–Trinajstić information content (AvgIpc) is 3.66. The maximum atomic E-state index is 14.0. The number of benzene rings is 2. The SMILES string of the molecule is COc1cc(F)c(F)cc1C(=O)N[C@@H]1C2CCC(/C2=C/c2ncco2)[C@@H]1C(=O)Nc1cccc(S(=O)(=O)C(F)(F)F)c1. The lowest BCUT2D eigenvalue weighted by atomic mass is 9.83. The molecule has 2 unspecified atom stereocenters. The minimum Gasteiger partial charge on any atom is -0.496 e. The molecule has 2 fully saturated rings. The van der Waals surface area contributed by atoms with E-state index in [1.54, 1.807) is 6.08 Å². The van der Waals surface area contributed by atoms with Gasteiger partial charge in [-0.05, 0) is 43.0 Å². The topological polar surface area (TPSA) is 128 Å². The van der Waals surface area contributed by atoms with E-state index in [1.807, 2.05) is 0 Å². The quantitative estimate of drug-likeness (QED) is 0.370. The molecular weight excluding hydrogens is 589 g/mol. The molecule has 9 nitrogen and oxygen atoms in total. The highest BCUT2D eigenvalue weighted by Gasteiger charge is 2.55. The number of fused-ring (bicyclic) bond motifs is 2. The molecule has 2 aliphatic rings. The van der Waals surface area contributed by atoms with Crippen LogP contribution in [-0.2, 0) is 14.6 Å². The van der Waals surface area contributed by atoms with Crippen molar-refractivity contribution in [2.24, 2.45) is 17.8 Å². The van der Waals surface area contributed by atoms with Gasteiger partial charge >= 0.3 is 5.51 Å². The van der Waals surface area contributed by atoms with E-state index in [-0.39, 0.29) is 22.9 Å². The van der Waals surface area contributed by atoms with E-state index < -0.39 is 67.5 Å². The number of rotatable bonds is 7. The van der Waals surface area contributed by atoms with Crippen LogP contribution < -0.4 is 15.4 Å². The predicted octanol–water partition coefficient (Wildman–Crippen LogP) is 4.73. The Kier molecular flexibility index (Phi) is 7.55. The molecule has 0 saturated heterocycles. The first-order chi connectivity index (χ1) is 19.8. The number of sulfone groups is 1. The molecule has 2 saturated carbocycles. The van der Waals surface area contributed by atoms with E-state index in [9.17, 15) is 40.0 Å². The zero-order valence-corrected chi connectivity index (χ0v) is 22.4. The third kappa shape index (κ3) is 5.24. The summed E-state index contributed by atoms with van der Waals surface area (Å²) in [5.74, 6) is -5.91. The molecule has 1 heterocycles. The van der Waals surface area contributed by atoms with Crippen LogP contribution in [0, 0.1) is 29.4 Å². The Morgan fingerprint density at radius 1 is 1.10 bits per heavy atom. The molecule has 1 aromatic heterocycles. The highest BCUT2D eigenvalue weighted by atomic mass is 32.2. The van der Waals surface area contributed by atoms with Crippen molar-refractivity contribution < 1.29 is 49.1 Å². The van der Waals surface area contributed by atoms with Gasteiger partial charge in [0.1, 0.15) is 12.0 Å². The van der Waals surface area contributed by atoms with E-state index in [4.69, 9.17) is 9.15 Å². The highest BCUT2D eigenvalue weighted by Crippen LogP contribution is 2.53. The van der Waals surface area contributed by atoms with E-state index in [2.05, 4.69) is 15.6 Å². The van der Waals surface area contributed by atoms with Gasteiger partial charge in [0.25, 0.3) is 15.7 Å². The number of nitrogens with zero attached hydrogens (tertiary/aromatic N) is 1. The molecule has 15 heteroatoms. The number of hydrogen-bond donors (Lipinski definition) is 2. The van der Waals surface area contributed by atoms with Crippen molar-refractivity contribution in [3.63, 3.8) is 0 Å². The summed E-state index contributed by atoms with van der Waals surface area (Å²) in [5.41, 5.74) is -5.34. The Hall–Kier alpha value is -4.27. The van der Waals surface area contributed by atoms with Crippen molar-refractivity contribution in [1.29, 1.82) is 0 Å². The minimum atomic E-state index is -5.67. The van der Waals surface area contributed by atoms with Gasteiger partial charge in [-0.15, -0.1) is 0 Å². The third-order valence-electron chi connectivity index (χ3n) is 7.44. The van der Waals surface area contributed by atoms with Gasteiger partial charge in [-0.1, -0.05) is 11.6 Å². The number of hydrogen-bond acceptors (Lipinski definition) is 7. The molecule has 0 aliphatic heterocycles. The van der Waals surface area contributed by atoms with Gasteiger partial charge in [0.05, 0.1) is 29.7 Å². The monoisotopic (exact) mass is 611 g/mol. The fraction of sp³-hybridized carbons (Fsp3) is 0.296. The number of amides is 2. The van der Waals surface area contributed by atoms with Crippen molar-refractivity contribution >= 4 is 33.4 Å². The number of alkyl halides is 3. The van der Waals surface area contributed by atoms with Crippen molar-refractivity contribution in [3.05, 3.63) is 77.5 Å². The Bertz CT molecular complexity index is 1670. The summed E-state index contributed by atoms with van der Waals surface area (Å²) < 4.78 is 101. The second-order valence-corrected chi connectivity index (χ2v) is 11.7. The highest BCUT2D eigenvalue weighted by molar-refractivity contribution is 7.92. The third-order valence-corrected chi connectivity index (χ3v) is 8.93. The summed E-state index contributed by atoms with van der Waals surface area (Å²) >= 11 is 0. The first kappa shape index (κ1) is 29.2. The smallest absolute Gasteiger partial charge is 0.496 e. The molecule has 2 aliphatic carbocycles. The van der Waals surface area contributed by atoms with Gasteiger partial charge in [0, 0.05) is 29.8 Å². The maximum absolute atomic E-state index is 14.0. The number of carbonyl (C=O) groups excluding carboxylic acids is 2. The van der Waals surface area contributed by atoms with Crippen molar-refractivity contribution in [2.75, 3.05) is 12.4 Å². The normalized spacial score (nSPS) is 22.8. The lowest BCUT2D eigenvalue weighted by Crippen LogP contribution is -2.48. The number of carbonyl (C=O) groups is 2. The number of nitrogens with one attached hydrogen (secondary N) is 2. The minimum absolute atomic E-state index is 0.210. The van der Waals surface area contributed by atoms with Crippen molar-refractivity contribution in [1.82, 2.24) is 10.3 Å². The number of halogens is 5. The van der Waals surface area contributed by atoms with E-state index >= 15 is 0 Å². The van der Waals surface area contributed by atoms with E-state index in [0.29, 0.717) is 31.0 Å². The predicted molar refractivity (Wildman–Crippen MR) is 137 cm³/mol. The van der Waals surface area contributed by atoms with Crippen LogP contribution in [0.25, 0.3) is 6.08 Å². The number of aromatic nitrogens is 1. The van der Waals surface area contributed by atoms with Crippen LogP contribution in [-0.4, -0.2) is 43.9 Å². The van der Waals surface area contributed by atoms with Crippen LogP contribution in [0.2, 0.25) is 0 Å². The van der Waals surface area contributed by atoms with Crippen LogP contribution in [0.5, 0.6) is 5.75 Å². The second-order valence-electron chi connectivity index (χ2n) is 9.76. The Morgan fingerprint density at radius 3 is 2.48 bits per heavy atom. The largest absolute Gasteiger partial charge is 0.501 e. The summed E-state index contributed by atoms with van der Waals surface area (Å²) in [5, 5.41) is 5.20. The van der Waals surface area contributed by atoms with Gasteiger partial charge in [-0.2, -0.15) is 13.2 Å². The van der Waals surface area contributed by atoms with Crippen LogP contribution in [0.1, 0.15) is 29.1 Å². The summed E-state index contributed by atoms with van der Waals surface area (Å²) in [6.07, 6.45) is 5.47. The van der Waals surface area contributed by atoms with Crippen molar-refractivity contribution in [2.45, 2.75) is 29.3 Å². The van der Waals surface area contributed by atoms with E-state index in [1.165, 1.54) is 25.6 Å². The second kappa shape index (κ2) is 10.9. The number of oxazole rings is 1. The molecule has 2 N–H and O–H groups in total. The molecule has 4 atom stereocenters. The summed E-state index contributed by atoms with van der Waals surface area (Å²) in [7, 11) is -4.51. The molecule has 42 heavy (non-hydrogen) atoms. The van der Waals surface area contributed by atoms with Crippen LogP contribution in [0.15, 0.2) is 63.7 Å². The molecule has 5 rings (SSSR count). The van der Waals surface area contributed by atoms with Crippen LogP contribution in [0.4, 0.5) is 27.6 Å². The molecule has 2 amide bonds. The molecular formula is C27H22F5N3O6S. The lowest BCUT2D eigenvalue weighted by molar-refractivity contribution is -0.121. The number of methoxy groups -OCH3 is 1. The van der Waals surface area contributed by atoms with Gasteiger partial charge in [-0.25, -0.2) is 22.2 Å². The van der Waals surface area contributed by atoms with Crippen LogP contribution >= 0.6 is 0 Å². The van der Waals surface area contributed by atoms with Crippen LogP contribution in [0.3, 0.4) is 0 Å². The summed E-state index contributed by atoms with van der Waals surface area (Å²) in [6, 6.07) is 4.22. The lowest BCUT2D eigenvalue weighted by Gasteiger charge is -2.30. The zero-order chi connectivity index (χ0) is 30.4. The molecule has 0 spiro atoms. The van der Waals surface area contributed by atoms with Gasteiger partial charge < -0.3 is 19.8 Å². The first-order valence-corrected chi connectivity index (χ1v) is 14.0. The molecule has 3 aromatic rings. The Labute approximate surface area is 235 Å². The molecule has 2 bridgehead atoms. The first-order valence-electron chi connectivity index (χ1n) is 12.5. The molecule has 0 radical (unpaired) electrons. The van der Waals surface area contributed by atoms with Crippen molar-refractivity contribution in [3.8, 4) is 5.75 Å². The van der Waals surface area contributed by atoms with E-state index in [0.717, 1.165) is 17.7 Å². The zero-order valence-electron chi connectivity index (χ0n) is 21.6. The Balaban J connectivity index is 1.48. The summed E-state index contributed by atoms with van der Waals surface area (Å²) in [4.78, 5) is 29.9. The average molecular weight is 612 g/mol. The Morgan fingerprint density at radius 2 is 1.81 bits per heavy atom. The van der Waals surface area contributed by atoms with Gasteiger partial charge in [-0.3, -0.25) is 9.59 Å². The van der Waals surface area contributed by atoms with Gasteiger partial charge in [0.15, 0.2) is 11.6 Å². The fourth-order valence-corrected chi connectivity index (χ4v) is 6.45. The number of anilines is 1. The summed E-state index contributed by atoms with van der Waals surface area (Å²) in [6.45, 7) is 0. The molecule has 222 valence electrons. The number of ether oxygens (including phenoxy) is 1. The fourth-order valence-electron chi connectivity index (χ4n) is 5.64. The van der Waals surface area contributed by atoms with Gasteiger partial charge in [0.2, 0.25) is 11.8 Å². The maximum Gasteiger partial charge on any atom is 0.501 e. The standard InChI is InChI=1S/C27H22F5N3O6S/c1-40-21-12-20(29)19(28)10-18(21)25(36)35-24-16-6-5-15(17(16)11-22-33-7-8-41-22)23(24)26(37)34-13-3-2-4-14(9-13)42(38,39)27(30,31)32/h2-4,7-12,15-16,23-24H,5-6H2,1H3,(H,34,37)(H,35,36)/b17-11-/t15?,16?,23-,24+/m0/s1.